The minimum absolute atomic E-state index is 0.147. The normalized spacial score (nSPS) is 18.9. The lowest BCUT2D eigenvalue weighted by Gasteiger charge is -2.36. The van der Waals surface area contributed by atoms with Gasteiger partial charge in [0, 0.05) is 23.8 Å². The SMILES string of the molecule is CC(C)(C)OC(=O)N1CCCC[C@@H]1CNc1ccc(Br)cn1. The Morgan fingerprint density at radius 3 is 2.86 bits per heavy atom. The maximum Gasteiger partial charge on any atom is 0.410 e. The Labute approximate surface area is 140 Å². The first-order valence-corrected chi connectivity index (χ1v) is 8.49. The second-order valence-electron chi connectivity index (χ2n) is 6.57. The van der Waals surface area contributed by atoms with Crippen molar-refractivity contribution in [3.05, 3.63) is 22.8 Å². The number of pyridine rings is 1. The number of halogens is 1. The zero-order valence-electron chi connectivity index (χ0n) is 13.4. The Morgan fingerprint density at radius 1 is 1.45 bits per heavy atom. The van der Waals surface area contributed by atoms with Crippen LogP contribution in [0.3, 0.4) is 0 Å². The number of rotatable bonds is 3. The third-order valence-corrected chi connectivity index (χ3v) is 3.97. The van der Waals surface area contributed by atoms with Crippen molar-refractivity contribution >= 4 is 27.8 Å². The van der Waals surface area contributed by atoms with Crippen LogP contribution in [-0.4, -0.2) is 40.7 Å². The van der Waals surface area contributed by atoms with Crippen LogP contribution in [0, 0.1) is 0 Å². The third kappa shape index (κ3) is 5.16. The molecule has 1 aromatic rings. The van der Waals surface area contributed by atoms with E-state index in [1.54, 1.807) is 6.20 Å². The molecule has 0 saturated carbocycles. The van der Waals surface area contributed by atoms with E-state index < -0.39 is 5.60 Å². The molecule has 5 nitrogen and oxygen atoms in total. The van der Waals surface area contributed by atoms with Crippen LogP contribution < -0.4 is 5.32 Å². The van der Waals surface area contributed by atoms with Crippen molar-refractivity contribution in [1.29, 1.82) is 0 Å². The van der Waals surface area contributed by atoms with Crippen molar-refractivity contribution in [2.45, 2.75) is 51.7 Å². The lowest BCUT2D eigenvalue weighted by Crippen LogP contribution is -2.48. The molecule has 1 aliphatic heterocycles. The summed E-state index contributed by atoms with van der Waals surface area (Å²) in [4.78, 5) is 18.5. The van der Waals surface area contributed by atoms with Crippen LogP contribution >= 0.6 is 15.9 Å². The highest BCUT2D eigenvalue weighted by molar-refractivity contribution is 9.10. The fourth-order valence-corrected chi connectivity index (χ4v) is 2.71. The van der Waals surface area contributed by atoms with E-state index in [9.17, 15) is 4.79 Å². The number of nitrogens with one attached hydrogen (secondary N) is 1. The van der Waals surface area contributed by atoms with Crippen molar-refractivity contribution < 1.29 is 9.53 Å². The quantitative estimate of drug-likeness (QED) is 0.872. The molecule has 0 spiro atoms. The number of carbonyl (C=O) groups excluding carboxylic acids is 1. The standard InChI is InChI=1S/C16H24BrN3O2/c1-16(2,3)22-15(21)20-9-5-4-6-13(20)11-19-14-8-7-12(17)10-18-14/h7-8,10,13H,4-6,9,11H2,1-3H3,(H,18,19)/t13-/m1/s1. The van der Waals surface area contributed by atoms with Gasteiger partial charge in [-0.1, -0.05) is 0 Å². The molecule has 1 amide bonds. The first kappa shape index (κ1) is 17.1. The van der Waals surface area contributed by atoms with Crippen molar-refractivity contribution in [1.82, 2.24) is 9.88 Å². The van der Waals surface area contributed by atoms with Crippen molar-refractivity contribution in [3.8, 4) is 0 Å². The van der Waals surface area contributed by atoms with Gasteiger partial charge >= 0.3 is 6.09 Å². The predicted molar refractivity (Wildman–Crippen MR) is 91.0 cm³/mol. The van der Waals surface area contributed by atoms with E-state index in [2.05, 4.69) is 26.2 Å². The Hall–Kier alpha value is -1.30. The predicted octanol–water partition coefficient (Wildman–Crippen LogP) is 4.05. The van der Waals surface area contributed by atoms with Gasteiger partial charge in [-0.15, -0.1) is 0 Å². The number of hydrogen-bond donors (Lipinski definition) is 1. The first-order valence-electron chi connectivity index (χ1n) is 7.70. The largest absolute Gasteiger partial charge is 0.444 e. The molecule has 1 aromatic heterocycles. The molecule has 6 heteroatoms. The topological polar surface area (TPSA) is 54.5 Å². The summed E-state index contributed by atoms with van der Waals surface area (Å²) < 4.78 is 6.46. The van der Waals surface area contributed by atoms with E-state index in [4.69, 9.17) is 4.74 Å². The van der Waals surface area contributed by atoms with Crippen LogP contribution in [0.15, 0.2) is 22.8 Å². The second kappa shape index (κ2) is 7.31. The highest BCUT2D eigenvalue weighted by Crippen LogP contribution is 2.21. The van der Waals surface area contributed by atoms with Gasteiger partial charge in [-0.05, 0) is 68.1 Å². The fraction of sp³-hybridized carbons (Fsp3) is 0.625. The molecular formula is C16H24BrN3O2. The zero-order valence-corrected chi connectivity index (χ0v) is 15.0. The summed E-state index contributed by atoms with van der Waals surface area (Å²) in [5, 5.41) is 3.31. The molecule has 0 unspecified atom stereocenters. The van der Waals surface area contributed by atoms with Gasteiger partial charge < -0.3 is 15.0 Å². The molecule has 0 aliphatic carbocycles. The third-order valence-electron chi connectivity index (χ3n) is 3.50. The van der Waals surface area contributed by atoms with Crippen LogP contribution in [0.4, 0.5) is 10.6 Å². The number of aromatic nitrogens is 1. The van der Waals surface area contributed by atoms with Gasteiger partial charge in [-0.25, -0.2) is 9.78 Å². The van der Waals surface area contributed by atoms with Crippen LogP contribution in [0.2, 0.25) is 0 Å². The van der Waals surface area contributed by atoms with E-state index in [1.165, 1.54) is 0 Å². The average Bonchev–Trinajstić information content (AvgIpc) is 2.45. The Kier molecular flexibility index (Phi) is 5.67. The lowest BCUT2D eigenvalue weighted by molar-refractivity contribution is 0.0114. The number of anilines is 1. The summed E-state index contributed by atoms with van der Waals surface area (Å²) in [6.07, 6.45) is 4.70. The molecule has 2 heterocycles. The first-order chi connectivity index (χ1) is 10.3. The summed E-state index contributed by atoms with van der Waals surface area (Å²) >= 11 is 3.37. The van der Waals surface area contributed by atoms with E-state index in [0.29, 0.717) is 6.54 Å². The molecule has 0 aromatic carbocycles. The summed E-state index contributed by atoms with van der Waals surface area (Å²) in [5.41, 5.74) is -0.459. The van der Waals surface area contributed by atoms with E-state index >= 15 is 0 Å². The van der Waals surface area contributed by atoms with Crippen LogP contribution in [0.25, 0.3) is 0 Å². The van der Waals surface area contributed by atoms with Gasteiger partial charge in [-0.3, -0.25) is 0 Å². The maximum atomic E-state index is 12.3. The minimum atomic E-state index is -0.459. The molecule has 1 atom stereocenters. The van der Waals surface area contributed by atoms with Crippen molar-refractivity contribution in [2.24, 2.45) is 0 Å². The molecule has 1 saturated heterocycles. The molecular weight excluding hydrogens is 346 g/mol. The fourth-order valence-electron chi connectivity index (χ4n) is 2.48. The average molecular weight is 370 g/mol. The second-order valence-corrected chi connectivity index (χ2v) is 7.48. The summed E-state index contributed by atoms with van der Waals surface area (Å²) in [6.45, 7) is 7.14. The van der Waals surface area contributed by atoms with E-state index in [1.807, 2.05) is 37.8 Å². The zero-order chi connectivity index (χ0) is 16.2. The van der Waals surface area contributed by atoms with Crippen LogP contribution in [0.1, 0.15) is 40.0 Å². The van der Waals surface area contributed by atoms with Crippen molar-refractivity contribution in [2.75, 3.05) is 18.4 Å². The number of piperidine rings is 1. The number of carbonyl (C=O) groups is 1. The molecule has 122 valence electrons. The minimum Gasteiger partial charge on any atom is -0.444 e. The van der Waals surface area contributed by atoms with Gasteiger partial charge in [0.05, 0.1) is 6.04 Å². The number of hydrogen-bond acceptors (Lipinski definition) is 4. The van der Waals surface area contributed by atoms with E-state index in [0.717, 1.165) is 36.1 Å². The smallest absolute Gasteiger partial charge is 0.410 e. The highest BCUT2D eigenvalue weighted by Gasteiger charge is 2.30. The highest BCUT2D eigenvalue weighted by atomic mass is 79.9. The molecule has 0 radical (unpaired) electrons. The molecule has 1 N–H and O–H groups in total. The van der Waals surface area contributed by atoms with Crippen molar-refractivity contribution in [3.63, 3.8) is 0 Å². The van der Waals surface area contributed by atoms with E-state index in [-0.39, 0.29) is 12.1 Å². The molecule has 22 heavy (non-hydrogen) atoms. The van der Waals surface area contributed by atoms with Gasteiger partial charge in [-0.2, -0.15) is 0 Å². The monoisotopic (exact) mass is 369 g/mol. The molecule has 2 rings (SSSR count). The summed E-state index contributed by atoms with van der Waals surface area (Å²) in [7, 11) is 0. The Bertz CT molecular complexity index is 499. The summed E-state index contributed by atoms with van der Waals surface area (Å²) in [5.74, 6) is 0.818. The van der Waals surface area contributed by atoms with Gasteiger partial charge in [0.2, 0.25) is 0 Å². The lowest BCUT2D eigenvalue weighted by atomic mass is 10.0. The van der Waals surface area contributed by atoms with Crippen LogP contribution in [0.5, 0.6) is 0 Å². The van der Waals surface area contributed by atoms with Crippen LogP contribution in [-0.2, 0) is 4.74 Å². The van der Waals surface area contributed by atoms with Gasteiger partial charge in [0.1, 0.15) is 11.4 Å². The summed E-state index contributed by atoms with van der Waals surface area (Å²) in [6, 6.07) is 4.01. The van der Waals surface area contributed by atoms with Gasteiger partial charge in [0.15, 0.2) is 0 Å². The maximum absolute atomic E-state index is 12.3. The Morgan fingerprint density at radius 2 is 2.23 bits per heavy atom. The molecule has 1 aliphatic rings. The van der Waals surface area contributed by atoms with Gasteiger partial charge in [0.25, 0.3) is 0 Å². The number of ether oxygens (including phenoxy) is 1. The number of likely N-dealkylation sites (tertiary alicyclic amines) is 1. The number of nitrogens with zero attached hydrogens (tertiary/aromatic N) is 2. The molecule has 1 fully saturated rings. The number of amides is 1. The Balaban J connectivity index is 1.94. The molecule has 0 bridgehead atoms.